The van der Waals surface area contributed by atoms with Crippen LogP contribution in [-0.4, -0.2) is 56.5 Å². The Labute approximate surface area is 180 Å². The van der Waals surface area contributed by atoms with Gasteiger partial charge in [0.1, 0.15) is 11.4 Å². The van der Waals surface area contributed by atoms with Gasteiger partial charge in [-0.05, 0) is 37.1 Å². The van der Waals surface area contributed by atoms with Crippen LogP contribution in [0.25, 0.3) is 17.2 Å². The number of carbonyl (C=O) groups excluding carboxylic acids is 1. The monoisotopic (exact) mass is 423 g/mol. The molecule has 0 radical (unpaired) electrons. The Morgan fingerprint density at radius 1 is 1.07 bits per heavy atom. The molecule has 0 N–H and O–H groups in total. The molecule has 0 spiro atoms. The summed E-state index contributed by atoms with van der Waals surface area (Å²) in [5.41, 5.74) is 1.59. The molecule has 1 amide bonds. The van der Waals surface area contributed by atoms with Crippen LogP contribution < -0.4 is 4.74 Å². The number of likely N-dealkylation sites (tertiary alicyclic amines) is 1. The molecule has 0 atom stereocenters. The third-order valence-electron chi connectivity index (χ3n) is 5.12. The fourth-order valence-corrected chi connectivity index (χ4v) is 4.40. The van der Waals surface area contributed by atoms with E-state index in [0.717, 1.165) is 43.1 Å². The molecule has 30 heavy (non-hydrogen) atoms. The molecule has 1 aromatic carbocycles. The minimum absolute atomic E-state index is 0.154. The summed E-state index contributed by atoms with van der Waals surface area (Å²) in [4.78, 5) is 19.2. The standard InChI is InChI=1S/C22H25N5O2S/c1-29-18-10-8-9-17(15-18)27-21(19-11-4-5-12-23-19)24-25-22(27)30-16-20(28)26-13-6-2-3-7-14-26/h4-5,8-12,15H,2-3,6-7,13-14,16H2,1H3. The number of hydrogen-bond acceptors (Lipinski definition) is 6. The van der Waals surface area contributed by atoms with Crippen molar-refractivity contribution in [3.63, 3.8) is 0 Å². The summed E-state index contributed by atoms with van der Waals surface area (Å²) in [5, 5.41) is 9.43. The van der Waals surface area contributed by atoms with Gasteiger partial charge >= 0.3 is 0 Å². The van der Waals surface area contributed by atoms with E-state index in [0.29, 0.717) is 16.7 Å². The summed E-state index contributed by atoms with van der Waals surface area (Å²) < 4.78 is 7.33. The number of amides is 1. The maximum atomic E-state index is 12.8. The molecular weight excluding hydrogens is 398 g/mol. The van der Waals surface area contributed by atoms with Gasteiger partial charge in [-0.25, -0.2) is 0 Å². The first-order valence-electron chi connectivity index (χ1n) is 10.2. The van der Waals surface area contributed by atoms with Gasteiger partial charge in [0, 0.05) is 25.4 Å². The lowest BCUT2D eigenvalue weighted by Gasteiger charge is -2.20. The fraction of sp³-hybridized carbons (Fsp3) is 0.364. The molecular formula is C22H25N5O2S. The number of carbonyl (C=O) groups is 1. The molecule has 1 fully saturated rings. The van der Waals surface area contributed by atoms with Crippen molar-refractivity contribution in [3.05, 3.63) is 48.7 Å². The molecule has 1 saturated heterocycles. The molecule has 7 nitrogen and oxygen atoms in total. The zero-order valence-corrected chi connectivity index (χ0v) is 17.8. The molecule has 3 aromatic rings. The molecule has 4 rings (SSSR count). The number of thioether (sulfide) groups is 1. The average molecular weight is 424 g/mol. The minimum atomic E-state index is 0.154. The predicted molar refractivity (Wildman–Crippen MR) is 117 cm³/mol. The van der Waals surface area contributed by atoms with Crippen molar-refractivity contribution in [3.8, 4) is 23.0 Å². The summed E-state index contributed by atoms with van der Waals surface area (Å²) >= 11 is 1.41. The third-order valence-corrected chi connectivity index (χ3v) is 6.04. The van der Waals surface area contributed by atoms with Crippen LogP contribution in [-0.2, 0) is 4.79 Å². The fourth-order valence-electron chi connectivity index (χ4n) is 3.54. The van der Waals surface area contributed by atoms with E-state index < -0.39 is 0 Å². The van der Waals surface area contributed by atoms with Crippen molar-refractivity contribution >= 4 is 17.7 Å². The summed E-state index contributed by atoms with van der Waals surface area (Å²) in [6, 6.07) is 13.4. The van der Waals surface area contributed by atoms with E-state index in [1.807, 2.05) is 51.9 Å². The quantitative estimate of drug-likeness (QED) is 0.561. The first-order chi connectivity index (χ1) is 14.8. The minimum Gasteiger partial charge on any atom is -0.497 e. The van der Waals surface area contributed by atoms with Gasteiger partial charge in [0.15, 0.2) is 11.0 Å². The first-order valence-corrected chi connectivity index (χ1v) is 11.2. The number of ether oxygens (including phenoxy) is 1. The lowest BCUT2D eigenvalue weighted by molar-refractivity contribution is -0.128. The molecule has 2 aromatic heterocycles. The first kappa shape index (κ1) is 20.4. The number of rotatable bonds is 6. The Morgan fingerprint density at radius 2 is 1.90 bits per heavy atom. The highest BCUT2D eigenvalue weighted by Gasteiger charge is 2.21. The molecule has 3 heterocycles. The van der Waals surface area contributed by atoms with Crippen molar-refractivity contribution in [1.82, 2.24) is 24.6 Å². The van der Waals surface area contributed by atoms with E-state index in [2.05, 4.69) is 15.2 Å². The normalized spacial score (nSPS) is 14.4. The van der Waals surface area contributed by atoms with E-state index >= 15 is 0 Å². The number of hydrogen-bond donors (Lipinski definition) is 0. The molecule has 0 aliphatic carbocycles. The maximum absolute atomic E-state index is 12.8. The Hall–Kier alpha value is -2.87. The van der Waals surface area contributed by atoms with Crippen LogP contribution in [0.2, 0.25) is 0 Å². The van der Waals surface area contributed by atoms with Gasteiger partial charge in [0.25, 0.3) is 0 Å². The zero-order valence-electron chi connectivity index (χ0n) is 17.0. The third kappa shape index (κ3) is 4.64. The number of aromatic nitrogens is 4. The molecule has 1 aliphatic rings. The van der Waals surface area contributed by atoms with Gasteiger partial charge in [-0.15, -0.1) is 10.2 Å². The van der Waals surface area contributed by atoms with Crippen LogP contribution in [0.4, 0.5) is 0 Å². The van der Waals surface area contributed by atoms with Gasteiger partial charge in [-0.2, -0.15) is 0 Å². The smallest absolute Gasteiger partial charge is 0.233 e. The summed E-state index contributed by atoms with van der Waals surface area (Å²) in [6.07, 6.45) is 6.30. The Morgan fingerprint density at radius 3 is 2.63 bits per heavy atom. The van der Waals surface area contributed by atoms with Crippen molar-refractivity contribution in [2.75, 3.05) is 26.0 Å². The van der Waals surface area contributed by atoms with E-state index in [9.17, 15) is 4.79 Å². The van der Waals surface area contributed by atoms with Crippen LogP contribution >= 0.6 is 11.8 Å². The van der Waals surface area contributed by atoms with Crippen LogP contribution in [0.3, 0.4) is 0 Å². The number of methoxy groups -OCH3 is 1. The van der Waals surface area contributed by atoms with Gasteiger partial charge in [0.05, 0.1) is 18.6 Å². The van der Waals surface area contributed by atoms with Crippen LogP contribution in [0.15, 0.2) is 53.8 Å². The van der Waals surface area contributed by atoms with Crippen molar-refractivity contribution in [2.24, 2.45) is 0 Å². The largest absolute Gasteiger partial charge is 0.497 e. The molecule has 156 valence electrons. The van der Waals surface area contributed by atoms with Crippen LogP contribution in [0.1, 0.15) is 25.7 Å². The van der Waals surface area contributed by atoms with Gasteiger partial charge in [-0.3, -0.25) is 14.3 Å². The number of benzene rings is 1. The Balaban J connectivity index is 1.62. The van der Waals surface area contributed by atoms with Gasteiger partial charge in [-0.1, -0.05) is 36.7 Å². The second-order valence-electron chi connectivity index (χ2n) is 7.14. The lowest BCUT2D eigenvalue weighted by Crippen LogP contribution is -2.33. The Kier molecular flexibility index (Phi) is 6.63. The lowest BCUT2D eigenvalue weighted by atomic mass is 10.2. The van der Waals surface area contributed by atoms with Crippen molar-refractivity contribution in [1.29, 1.82) is 0 Å². The zero-order chi connectivity index (χ0) is 20.8. The number of pyridine rings is 1. The SMILES string of the molecule is COc1cccc(-n2c(SCC(=O)N3CCCCCC3)nnc2-c2ccccn2)c1. The summed E-state index contributed by atoms with van der Waals surface area (Å²) in [5.74, 6) is 1.87. The highest BCUT2D eigenvalue weighted by molar-refractivity contribution is 7.99. The highest BCUT2D eigenvalue weighted by atomic mass is 32.2. The van der Waals surface area contributed by atoms with E-state index in [1.165, 1.54) is 24.6 Å². The van der Waals surface area contributed by atoms with Crippen LogP contribution in [0, 0.1) is 0 Å². The second-order valence-corrected chi connectivity index (χ2v) is 8.08. The molecule has 8 heteroatoms. The Bertz CT molecular complexity index is 984. The highest BCUT2D eigenvalue weighted by Crippen LogP contribution is 2.29. The second kappa shape index (κ2) is 9.75. The van der Waals surface area contributed by atoms with Gasteiger partial charge in [0.2, 0.25) is 5.91 Å². The van der Waals surface area contributed by atoms with Crippen molar-refractivity contribution in [2.45, 2.75) is 30.8 Å². The maximum Gasteiger partial charge on any atom is 0.233 e. The van der Waals surface area contributed by atoms with E-state index in [-0.39, 0.29) is 5.91 Å². The molecule has 0 saturated carbocycles. The summed E-state index contributed by atoms with van der Waals surface area (Å²) in [7, 11) is 1.64. The van der Waals surface area contributed by atoms with Crippen molar-refractivity contribution < 1.29 is 9.53 Å². The molecule has 0 bridgehead atoms. The predicted octanol–water partition coefficient (Wildman–Crippen LogP) is 3.83. The van der Waals surface area contributed by atoms with Crippen LogP contribution in [0.5, 0.6) is 5.75 Å². The molecule has 1 aliphatic heterocycles. The van der Waals surface area contributed by atoms with E-state index in [4.69, 9.17) is 4.74 Å². The number of nitrogens with zero attached hydrogens (tertiary/aromatic N) is 5. The summed E-state index contributed by atoms with van der Waals surface area (Å²) in [6.45, 7) is 1.70. The topological polar surface area (TPSA) is 73.1 Å². The van der Waals surface area contributed by atoms with Gasteiger partial charge < -0.3 is 9.64 Å². The van der Waals surface area contributed by atoms with E-state index in [1.54, 1.807) is 13.3 Å². The average Bonchev–Trinajstić information content (AvgIpc) is 3.03. The molecule has 0 unspecified atom stereocenters.